The number of anilines is 2. The Bertz CT molecular complexity index is 868. The third kappa shape index (κ3) is 5.70. The van der Waals surface area contributed by atoms with Gasteiger partial charge < -0.3 is 9.80 Å². The van der Waals surface area contributed by atoms with E-state index < -0.39 is 0 Å². The molecule has 3 heteroatoms. The van der Waals surface area contributed by atoms with E-state index >= 15 is 0 Å². The van der Waals surface area contributed by atoms with Gasteiger partial charge in [-0.25, -0.2) is 0 Å². The number of hydrogen-bond donors (Lipinski definition) is 0. The molecule has 3 rings (SSSR count). The molecule has 1 fully saturated rings. The van der Waals surface area contributed by atoms with Gasteiger partial charge in [-0.2, -0.15) is 0 Å². The molecule has 0 aliphatic heterocycles. The predicted molar refractivity (Wildman–Crippen MR) is 139 cm³/mol. The monoisotopic (exact) mass is 430 g/mol. The Hall–Kier alpha value is -2.81. The van der Waals surface area contributed by atoms with Crippen LogP contribution in [-0.2, 0) is 4.79 Å². The largest absolute Gasteiger partial charge is 0.372 e. The van der Waals surface area contributed by atoms with Crippen LogP contribution in [0, 0.1) is 5.92 Å². The van der Waals surface area contributed by atoms with Crippen LogP contribution in [0.3, 0.4) is 0 Å². The number of allylic oxidation sites excluding steroid dienone is 2. The molecule has 2 aromatic rings. The highest BCUT2D eigenvalue weighted by Gasteiger charge is 2.25. The fourth-order valence-electron chi connectivity index (χ4n) is 4.61. The van der Waals surface area contributed by atoms with Crippen LogP contribution in [0.25, 0.3) is 12.2 Å². The highest BCUT2D eigenvalue weighted by atomic mass is 16.1. The molecule has 3 nitrogen and oxygen atoms in total. The quantitative estimate of drug-likeness (QED) is 0.428. The number of benzene rings is 2. The van der Waals surface area contributed by atoms with E-state index in [9.17, 15) is 4.79 Å². The van der Waals surface area contributed by atoms with E-state index in [1.807, 2.05) is 0 Å². The second-order valence-electron chi connectivity index (χ2n) is 8.71. The van der Waals surface area contributed by atoms with E-state index in [0.29, 0.717) is 5.92 Å². The third-order valence-corrected chi connectivity index (χ3v) is 6.45. The predicted octanol–water partition coefficient (Wildman–Crippen LogP) is 6.85. The number of ketones is 1. The lowest BCUT2D eigenvalue weighted by atomic mass is 9.81. The summed E-state index contributed by atoms with van der Waals surface area (Å²) in [6.45, 7) is 14.9. The molecule has 1 aliphatic carbocycles. The fraction of sp³-hybridized carbons (Fsp3) is 0.414. The summed E-state index contributed by atoms with van der Waals surface area (Å²) in [5.41, 5.74) is 6.50. The Morgan fingerprint density at radius 2 is 1.03 bits per heavy atom. The van der Waals surface area contributed by atoms with Gasteiger partial charge in [0.05, 0.1) is 0 Å². The molecule has 0 bridgehead atoms. The van der Waals surface area contributed by atoms with E-state index in [-0.39, 0.29) is 5.78 Å². The van der Waals surface area contributed by atoms with Crippen LogP contribution in [-0.4, -0.2) is 32.0 Å². The van der Waals surface area contributed by atoms with Crippen molar-refractivity contribution in [3.05, 3.63) is 70.8 Å². The molecule has 0 radical (unpaired) electrons. The molecule has 1 unspecified atom stereocenters. The second-order valence-corrected chi connectivity index (χ2v) is 8.71. The zero-order valence-electron chi connectivity index (χ0n) is 20.4. The van der Waals surface area contributed by atoms with Crippen molar-refractivity contribution in [3.63, 3.8) is 0 Å². The van der Waals surface area contributed by atoms with Crippen molar-refractivity contribution in [1.82, 2.24) is 0 Å². The maximum absolute atomic E-state index is 13.3. The summed E-state index contributed by atoms with van der Waals surface area (Å²) in [5.74, 6) is 0.666. The Balaban J connectivity index is 1.81. The SMILES string of the molecule is CCN(CC)c1ccc(/C=C2/CC(C)C/C(=C\c3ccc(N(CC)CC)cc3)C2=O)cc1. The van der Waals surface area contributed by atoms with Crippen molar-refractivity contribution in [3.8, 4) is 0 Å². The number of carbonyl (C=O) groups is 1. The van der Waals surface area contributed by atoms with Crippen LogP contribution in [0.4, 0.5) is 11.4 Å². The number of rotatable bonds is 8. The number of Topliss-reactive ketones (excluding diaryl/α,β-unsaturated/α-hetero) is 1. The summed E-state index contributed by atoms with van der Waals surface area (Å²) in [6, 6.07) is 17.1. The van der Waals surface area contributed by atoms with Gasteiger partial charge in [-0.15, -0.1) is 0 Å². The van der Waals surface area contributed by atoms with Gasteiger partial charge in [0.1, 0.15) is 0 Å². The molecule has 0 amide bonds. The van der Waals surface area contributed by atoms with Crippen LogP contribution in [0.5, 0.6) is 0 Å². The lowest BCUT2D eigenvalue weighted by molar-refractivity contribution is -0.113. The van der Waals surface area contributed by atoms with Crippen molar-refractivity contribution in [1.29, 1.82) is 0 Å². The second kappa shape index (κ2) is 11.2. The Kier molecular flexibility index (Phi) is 8.33. The zero-order valence-corrected chi connectivity index (χ0v) is 20.4. The third-order valence-electron chi connectivity index (χ3n) is 6.45. The van der Waals surface area contributed by atoms with Gasteiger partial charge in [0.2, 0.25) is 0 Å². The molecule has 0 saturated heterocycles. The lowest BCUT2D eigenvalue weighted by Gasteiger charge is -2.23. The molecule has 1 saturated carbocycles. The van der Waals surface area contributed by atoms with Crippen molar-refractivity contribution >= 4 is 29.3 Å². The Morgan fingerprint density at radius 3 is 1.34 bits per heavy atom. The van der Waals surface area contributed by atoms with Crippen LogP contribution < -0.4 is 9.80 Å². The van der Waals surface area contributed by atoms with E-state index in [1.165, 1.54) is 11.4 Å². The van der Waals surface area contributed by atoms with E-state index in [1.54, 1.807) is 0 Å². The van der Waals surface area contributed by atoms with Crippen molar-refractivity contribution in [2.45, 2.75) is 47.5 Å². The van der Waals surface area contributed by atoms with Crippen LogP contribution in [0.1, 0.15) is 58.6 Å². The first-order valence-corrected chi connectivity index (χ1v) is 12.1. The lowest BCUT2D eigenvalue weighted by Crippen LogP contribution is -2.21. The number of hydrogen-bond acceptors (Lipinski definition) is 3. The molecular formula is C29H38N2O. The maximum Gasteiger partial charge on any atom is 0.185 e. The summed E-state index contributed by atoms with van der Waals surface area (Å²) < 4.78 is 0. The molecule has 1 atom stereocenters. The average Bonchev–Trinajstić information content (AvgIpc) is 2.80. The van der Waals surface area contributed by atoms with Gasteiger partial charge in [-0.05, 0) is 94.0 Å². The fourth-order valence-corrected chi connectivity index (χ4v) is 4.61. The van der Waals surface area contributed by atoms with Crippen LogP contribution in [0.2, 0.25) is 0 Å². The minimum absolute atomic E-state index is 0.198. The van der Waals surface area contributed by atoms with Gasteiger partial charge in [-0.1, -0.05) is 31.2 Å². The number of nitrogens with zero attached hydrogens (tertiary/aromatic N) is 2. The summed E-state index contributed by atoms with van der Waals surface area (Å²) in [5, 5.41) is 0. The molecule has 2 aromatic carbocycles. The molecule has 0 N–H and O–H groups in total. The van der Waals surface area contributed by atoms with Gasteiger partial charge >= 0.3 is 0 Å². The average molecular weight is 431 g/mol. The van der Waals surface area contributed by atoms with Crippen LogP contribution >= 0.6 is 0 Å². The summed E-state index contributed by atoms with van der Waals surface area (Å²) in [4.78, 5) is 17.9. The van der Waals surface area contributed by atoms with E-state index in [0.717, 1.165) is 61.3 Å². The topological polar surface area (TPSA) is 23.6 Å². The standard InChI is InChI=1S/C29H38N2O/c1-6-30(7-2)27-14-10-23(11-15-27)20-25-18-22(5)19-26(29(25)32)21-24-12-16-28(17-13-24)31(8-3)9-4/h10-17,20-22H,6-9,18-19H2,1-5H3/b25-20-,26-21+. The van der Waals surface area contributed by atoms with Crippen molar-refractivity contribution < 1.29 is 4.79 Å². The molecule has 0 spiro atoms. The molecule has 0 aromatic heterocycles. The maximum atomic E-state index is 13.3. The van der Waals surface area contributed by atoms with Crippen molar-refractivity contribution in [2.75, 3.05) is 36.0 Å². The summed E-state index contributed by atoms with van der Waals surface area (Å²) in [6.07, 6.45) is 5.85. The summed E-state index contributed by atoms with van der Waals surface area (Å²) >= 11 is 0. The van der Waals surface area contributed by atoms with Gasteiger partial charge in [0, 0.05) is 48.7 Å². The van der Waals surface area contributed by atoms with Gasteiger partial charge in [0.25, 0.3) is 0 Å². The normalized spacial score (nSPS) is 18.9. The van der Waals surface area contributed by atoms with Crippen molar-refractivity contribution in [2.24, 2.45) is 5.92 Å². The van der Waals surface area contributed by atoms with E-state index in [2.05, 4.69) is 105 Å². The zero-order chi connectivity index (χ0) is 23.1. The molecule has 32 heavy (non-hydrogen) atoms. The summed E-state index contributed by atoms with van der Waals surface area (Å²) in [7, 11) is 0. The first-order chi connectivity index (χ1) is 15.5. The van der Waals surface area contributed by atoms with Crippen LogP contribution in [0.15, 0.2) is 59.7 Å². The Labute approximate surface area is 194 Å². The highest BCUT2D eigenvalue weighted by Crippen LogP contribution is 2.32. The Morgan fingerprint density at radius 1 is 0.688 bits per heavy atom. The van der Waals surface area contributed by atoms with Gasteiger partial charge in [-0.3, -0.25) is 4.79 Å². The first-order valence-electron chi connectivity index (χ1n) is 12.1. The molecule has 1 aliphatic rings. The smallest absolute Gasteiger partial charge is 0.185 e. The molecular weight excluding hydrogens is 392 g/mol. The minimum atomic E-state index is 0.198. The van der Waals surface area contributed by atoms with Gasteiger partial charge in [0.15, 0.2) is 5.78 Å². The van der Waals surface area contributed by atoms with E-state index in [4.69, 9.17) is 0 Å². The first kappa shape index (κ1) is 23.8. The minimum Gasteiger partial charge on any atom is -0.372 e. The number of carbonyl (C=O) groups excluding carboxylic acids is 1. The highest BCUT2D eigenvalue weighted by molar-refractivity contribution is 6.14. The molecule has 0 heterocycles. The molecule has 170 valence electrons.